The second-order valence-electron chi connectivity index (χ2n) is 4.60. The van der Waals surface area contributed by atoms with Crippen LogP contribution >= 0.6 is 0 Å². The highest BCUT2D eigenvalue weighted by molar-refractivity contribution is 5.95. The fraction of sp³-hybridized carbons (Fsp3) is 0.429. The Morgan fingerprint density at radius 1 is 1.50 bits per heavy atom. The number of rotatable bonds is 4. The molecule has 1 heterocycles. The summed E-state index contributed by atoms with van der Waals surface area (Å²) in [6.45, 7) is 0.527. The normalized spacial score (nSPS) is 14.3. The molecule has 2 rings (SSSR count). The summed E-state index contributed by atoms with van der Waals surface area (Å²) in [6, 6.07) is 5.37. The van der Waals surface area contributed by atoms with Crippen LogP contribution in [0.3, 0.4) is 0 Å². The van der Waals surface area contributed by atoms with Crippen molar-refractivity contribution in [1.82, 2.24) is 5.32 Å². The zero-order chi connectivity index (χ0) is 14.5. The number of carbonyl (C=O) groups excluding carboxylic acids is 2. The van der Waals surface area contributed by atoms with Crippen LogP contribution in [0.1, 0.15) is 12.0 Å². The molecule has 1 aromatic carbocycles. The molecular formula is C14H18N2O4. The summed E-state index contributed by atoms with van der Waals surface area (Å²) >= 11 is 0. The van der Waals surface area contributed by atoms with E-state index in [4.69, 9.17) is 9.84 Å². The summed E-state index contributed by atoms with van der Waals surface area (Å²) in [5.41, 5.74) is 1.48. The number of aliphatic hydroxyl groups is 1. The summed E-state index contributed by atoms with van der Waals surface area (Å²) in [7, 11) is 1.70. The number of nitrogens with one attached hydrogen (secondary N) is 1. The molecule has 108 valence electrons. The van der Waals surface area contributed by atoms with Crippen molar-refractivity contribution in [2.24, 2.45) is 0 Å². The van der Waals surface area contributed by atoms with Gasteiger partial charge in [-0.25, -0.2) is 0 Å². The SMILES string of the molecule is CN1C(=O)CCOc2ccc(CC(=O)NCCO)cc21. The van der Waals surface area contributed by atoms with Crippen LogP contribution in [0.4, 0.5) is 5.69 Å². The van der Waals surface area contributed by atoms with Crippen molar-refractivity contribution in [1.29, 1.82) is 0 Å². The number of aliphatic hydroxyl groups excluding tert-OH is 1. The van der Waals surface area contributed by atoms with Gasteiger partial charge in [-0.3, -0.25) is 9.59 Å². The first kappa shape index (κ1) is 14.3. The number of ether oxygens (including phenoxy) is 1. The molecule has 0 atom stereocenters. The molecule has 2 amide bonds. The number of amides is 2. The third-order valence-electron chi connectivity index (χ3n) is 3.13. The van der Waals surface area contributed by atoms with Gasteiger partial charge in [0.2, 0.25) is 11.8 Å². The van der Waals surface area contributed by atoms with Gasteiger partial charge in [-0.15, -0.1) is 0 Å². The molecule has 0 saturated carbocycles. The van der Waals surface area contributed by atoms with Crippen LogP contribution in [0.2, 0.25) is 0 Å². The Bertz CT molecular complexity index is 516. The molecule has 1 aromatic rings. The zero-order valence-electron chi connectivity index (χ0n) is 11.4. The van der Waals surface area contributed by atoms with Crippen LogP contribution in [-0.4, -0.2) is 43.7 Å². The molecule has 0 spiro atoms. The average molecular weight is 278 g/mol. The predicted molar refractivity (Wildman–Crippen MR) is 73.8 cm³/mol. The maximum Gasteiger partial charge on any atom is 0.230 e. The number of nitrogens with zero attached hydrogens (tertiary/aromatic N) is 1. The Morgan fingerprint density at radius 3 is 3.05 bits per heavy atom. The molecule has 20 heavy (non-hydrogen) atoms. The monoisotopic (exact) mass is 278 g/mol. The standard InChI is InChI=1S/C14H18N2O4/c1-16-11-8-10(9-13(18)15-5-6-17)2-3-12(11)20-7-4-14(16)19/h2-3,8,17H,4-7,9H2,1H3,(H,15,18). The van der Waals surface area contributed by atoms with Crippen LogP contribution in [0.15, 0.2) is 18.2 Å². The van der Waals surface area contributed by atoms with Gasteiger partial charge in [0.15, 0.2) is 0 Å². The molecule has 0 radical (unpaired) electrons. The minimum Gasteiger partial charge on any atom is -0.491 e. The topological polar surface area (TPSA) is 78.9 Å². The first-order valence-electron chi connectivity index (χ1n) is 6.51. The second kappa shape index (κ2) is 6.38. The van der Waals surface area contributed by atoms with E-state index in [1.54, 1.807) is 30.1 Å². The van der Waals surface area contributed by atoms with Gasteiger partial charge in [0.1, 0.15) is 5.75 Å². The van der Waals surface area contributed by atoms with E-state index >= 15 is 0 Å². The number of anilines is 1. The lowest BCUT2D eigenvalue weighted by Crippen LogP contribution is -2.28. The largest absolute Gasteiger partial charge is 0.491 e. The molecule has 0 fully saturated rings. The number of benzene rings is 1. The maximum atomic E-state index is 11.8. The van der Waals surface area contributed by atoms with Gasteiger partial charge in [0, 0.05) is 13.6 Å². The molecule has 1 aliphatic rings. The average Bonchev–Trinajstić information content (AvgIpc) is 2.57. The Labute approximate surface area is 117 Å². The van der Waals surface area contributed by atoms with E-state index in [9.17, 15) is 9.59 Å². The first-order chi connectivity index (χ1) is 9.61. The van der Waals surface area contributed by atoms with Gasteiger partial charge in [-0.2, -0.15) is 0 Å². The van der Waals surface area contributed by atoms with Gasteiger partial charge >= 0.3 is 0 Å². The third-order valence-corrected chi connectivity index (χ3v) is 3.13. The van der Waals surface area contributed by atoms with Crippen LogP contribution in [-0.2, 0) is 16.0 Å². The Balaban J connectivity index is 2.16. The van der Waals surface area contributed by atoms with Gasteiger partial charge in [-0.1, -0.05) is 6.07 Å². The minimum atomic E-state index is -0.164. The molecule has 0 aliphatic carbocycles. The number of fused-ring (bicyclic) bond motifs is 1. The zero-order valence-corrected chi connectivity index (χ0v) is 11.4. The van der Waals surface area contributed by atoms with Gasteiger partial charge < -0.3 is 20.1 Å². The lowest BCUT2D eigenvalue weighted by atomic mass is 10.1. The molecule has 1 aliphatic heterocycles. The second-order valence-corrected chi connectivity index (χ2v) is 4.60. The fourth-order valence-corrected chi connectivity index (χ4v) is 2.05. The molecule has 6 heteroatoms. The molecule has 0 unspecified atom stereocenters. The summed E-state index contributed by atoms with van der Waals surface area (Å²) in [6.07, 6.45) is 0.548. The quantitative estimate of drug-likeness (QED) is 0.817. The fourth-order valence-electron chi connectivity index (χ4n) is 2.05. The molecule has 0 bridgehead atoms. The molecule has 0 aromatic heterocycles. The van der Waals surface area contributed by atoms with E-state index < -0.39 is 0 Å². The lowest BCUT2D eigenvalue weighted by Gasteiger charge is -2.17. The predicted octanol–water partition coefficient (Wildman–Crippen LogP) is 0.0829. The van der Waals surface area contributed by atoms with Crippen molar-refractivity contribution in [3.63, 3.8) is 0 Å². The Kier molecular flexibility index (Phi) is 4.57. The van der Waals surface area contributed by atoms with Crippen molar-refractivity contribution >= 4 is 17.5 Å². The van der Waals surface area contributed by atoms with Crippen molar-refractivity contribution < 1.29 is 19.4 Å². The highest BCUT2D eigenvalue weighted by Gasteiger charge is 2.20. The summed E-state index contributed by atoms with van der Waals surface area (Å²) in [5, 5.41) is 11.3. The van der Waals surface area contributed by atoms with Gasteiger partial charge in [-0.05, 0) is 17.7 Å². The van der Waals surface area contributed by atoms with Crippen molar-refractivity contribution in [2.45, 2.75) is 12.8 Å². The Hall–Kier alpha value is -2.08. The third kappa shape index (κ3) is 3.27. The summed E-state index contributed by atoms with van der Waals surface area (Å²) < 4.78 is 5.52. The van der Waals surface area contributed by atoms with Crippen molar-refractivity contribution in [2.75, 3.05) is 31.7 Å². The summed E-state index contributed by atoms with van der Waals surface area (Å²) in [5.74, 6) is 0.478. The smallest absolute Gasteiger partial charge is 0.230 e. The maximum absolute atomic E-state index is 11.8. The molecule has 6 nitrogen and oxygen atoms in total. The van der Waals surface area contributed by atoms with Crippen molar-refractivity contribution in [3.8, 4) is 5.75 Å². The Morgan fingerprint density at radius 2 is 2.30 bits per heavy atom. The summed E-state index contributed by atoms with van der Waals surface area (Å²) in [4.78, 5) is 25.0. The van der Waals surface area contributed by atoms with E-state index in [0.29, 0.717) is 24.5 Å². The van der Waals surface area contributed by atoms with Gasteiger partial charge in [0.05, 0.1) is 31.7 Å². The number of carbonyl (C=O) groups is 2. The van der Waals surface area contributed by atoms with Crippen LogP contribution in [0.25, 0.3) is 0 Å². The van der Waals surface area contributed by atoms with Gasteiger partial charge in [0.25, 0.3) is 0 Å². The van der Waals surface area contributed by atoms with E-state index in [1.165, 1.54) is 0 Å². The van der Waals surface area contributed by atoms with Crippen LogP contribution < -0.4 is 15.0 Å². The first-order valence-corrected chi connectivity index (χ1v) is 6.51. The van der Waals surface area contributed by atoms with E-state index in [0.717, 1.165) is 5.56 Å². The number of hydrogen-bond donors (Lipinski definition) is 2. The van der Waals surface area contributed by atoms with E-state index in [2.05, 4.69) is 5.32 Å². The van der Waals surface area contributed by atoms with E-state index in [1.807, 2.05) is 0 Å². The molecule has 2 N–H and O–H groups in total. The van der Waals surface area contributed by atoms with E-state index in [-0.39, 0.29) is 31.4 Å². The molecule has 0 saturated heterocycles. The lowest BCUT2D eigenvalue weighted by molar-refractivity contribution is -0.120. The highest BCUT2D eigenvalue weighted by atomic mass is 16.5. The van der Waals surface area contributed by atoms with Crippen molar-refractivity contribution in [3.05, 3.63) is 23.8 Å². The van der Waals surface area contributed by atoms with Crippen LogP contribution in [0.5, 0.6) is 5.75 Å². The number of hydrogen-bond acceptors (Lipinski definition) is 4. The van der Waals surface area contributed by atoms with Crippen LogP contribution in [0, 0.1) is 0 Å². The highest BCUT2D eigenvalue weighted by Crippen LogP contribution is 2.31. The molecular weight excluding hydrogens is 260 g/mol. The minimum absolute atomic E-state index is 0.00867.